The first-order chi connectivity index (χ1) is 12.3. The molecule has 138 valence electrons. The van der Waals surface area contributed by atoms with Crippen molar-refractivity contribution in [1.82, 2.24) is 0 Å². The summed E-state index contributed by atoms with van der Waals surface area (Å²) in [7, 11) is 0. The van der Waals surface area contributed by atoms with E-state index in [0.29, 0.717) is 29.4 Å². The lowest BCUT2D eigenvalue weighted by Crippen LogP contribution is -2.14. The van der Waals surface area contributed by atoms with Crippen LogP contribution in [0.2, 0.25) is 5.02 Å². The van der Waals surface area contributed by atoms with Gasteiger partial charge < -0.3 is 19.9 Å². The standard InChI is InChI=1S/C19H20ClNO5/c1-4-25-17-15(20)9-13(10-16(17)26-11(2)3)18(22)21-14-7-5-12(6-8-14)19(23)24/h5-11H,4H2,1-3H3,(H,21,22)(H,23,24). The van der Waals surface area contributed by atoms with E-state index in [1.54, 1.807) is 6.07 Å². The third kappa shape index (κ3) is 4.89. The summed E-state index contributed by atoms with van der Waals surface area (Å²) in [6, 6.07) is 8.93. The number of aromatic carboxylic acids is 1. The van der Waals surface area contributed by atoms with Gasteiger partial charge in [-0.2, -0.15) is 0 Å². The highest BCUT2D eigenvalue weighted by molar-refractivity contribution is 6.32. The Hall–Kier alpha value is -2.73. The summed E-state index contributed by atoms with van der Waals surface area (Å²) in [6.07, 6.45) is -0.118. The van der Waals surface area contributed by atoms with Crippen molar-refractivity contribution in [1.29, 1.82) is 0 Å². The van der Waals surface area contributed by atoms with Crippen LogP contribution in [0.1, 0.15) is 41.5 Å². The average Bonchev–Trinajstić information content (AvgIpc) is 2.57. The van der Waals surface area contributed by atoms with Gasteiger partial charge in [-0.25, -0.2) is 4.79 Å². The van der Waals surface area contributed by atoms with E-state index in [-0.39, 0.29) is 16.7 Å². The van der Waals surface area contributed by atoms with Gasteiger partial charge in [-0.3, -0.25) is 4.79 Å². The molecule has 0 heterocycles. The molecular formula is C19H20ClNO5. The van der Waals surface area contributed by atoms with Crippen molar-refractivity contribution < 1.29 is 24.2 Å². The summed E-state index contributed by atoms with van der Waals surface area (Å²) in [5.41, 5.74) is 0.910. The molecule has 0 aliphatic rings. The van der Waals surface area contributed by atoms with E-state index >= 15 is 0 Å². The van der Waals surface area contributed by atoms with Crippen LogP contribution in [0.5, 0.6) is 11.5 Å². The van der Waals surface area contributed by atoms with Gasteiger partial charge in [0.1, 0.15) is 0 Å². The molecule has 2 aromatic rings. The van der Waals surface area contributed by atoms with Crippen LogP contribution in [-0.2, 0) is 0 Å². The number of carboxylic acid groups (broad SMARTS) is 1. The molecule has 2 rings (SSSR count). The van der Waals surface area contributed by atoms with Crippen molar-refractivity contribution in [2.24, 2.45) is 0 Å². The Morgan fingerprint density at radius 2 is 1.81 bits per heavy atom. The van der Waals surface area contributed by atoms with Crippen molar-refractivity contribution in [3.8, 4) is 11.5 Å². The first kappa shape index (κ1) is 19.6. The summed E-state index contributed by atoms with van der Waals surface area (Å²) in [5.74, 6) is -0.644. The third-order valence-electron chi connectivity index (χ3n) is 3.31. The van der Waals surface area contributed by atoms with E-state index in [4.69, 9.17) is 26.2 Å². The van der Waals surface area contributed by atoms with Gasteiger partial charge in [0.05, 0.1) is 23.3 Å². The lowest BCUT2D eigenvalue weighted by Gasteiger charge is -2.17. The van der Waals surface area contributed by atoms with Crippen molar-refractivity contribution in [3.63, 3.8) is 0 Å². The smallest absolute Gasteiger partial charge is 0.335 e. The normalized spacial score (nSPS) is 10.5. The van der Waals surface area contributed by atoms with E-state index in [2.05, 4.69) is 5.32 Å². The Kier molecular flexibility index (Phi) is 6.46. The summed E-state index contributed by atoms with van der Waals surface area (Å²) >= 11 is 6.25. The zero-order valence-electron chi connectivity index (χ0n) is 14.7. The number of carbonyl (C=O) groups excluding carboxylic acids is 1. The minimum atomic E-state index is -1.03. The van der Waals surface area contributed by atoms with Crippen LogP contribution in [-0.4, -0.2) is 29.7 Å². The molecule has 2 N–H and O–H groups in total. The van der Waals surface area contributed by atoms with Gasteiger partial charge >= 0.3 is 5.97 Å². The number of hydrogen-bond acceptors (Lipinski definition) is 4. The quantitative estimate of drug-likeness (QED) is 0.743. The molecule has 0 spiro atoms. The number of hydrogen-bond donors (Lipinski definition) is 2. The number of anilines is 1. The van der Waals surface area contributed by atoms with Gasteiger partial charge in [0, 0.05) is 11.3 Å². The molecule has 0 saturated carbocycles. The molecule has 0 aliphatic carbocycles. The fourth-order valence-electron chi connectivity index (χ4n) is 2.22. The van der Waals surface area contributed by atoms with E-state index in [1.165, 1.54) is 30.3 Å². The molecule has 0 atom stereocenters. The second kappa shape index (κ2) is 8.58. The predicted molar refractivity (Wildman–Crippen MR) is 99.7 cm³/mol. The minimum Gasteiger partial charge on any atom is -0.488 e. The summed E-state index contributed by atoms with van der Waals surface area (Å²) in [6.45, 7) is 5.97. The van der Waals surface area contributed by atoms with Crippen LogP contribution >= 0.6 is 11.6 Å². The highest BCUT2D eigenvalue weighted by Gasteiger charge is 2.17. The van der Waals surface area contributed by atoms with Crippen LogP contribution in [0, 0.1) is 0 Å². The maximum absolute atomic E-state index is 12.5. The van der Waals surface area contributed by atoms with Crippen molar-refractivity contribution in [3.05, 3.63) is 52.5 Å². The fraction of sp³-hybridized carbons (Fsp3) is 0.263. The lowest BCUT2D eigenvalue weighted by atomic mass is 10.1. The number of amides is 1. The molecule has 0 bridgehead atoms. The molecule has 0 fully saturated rings. The molecule has 1 amide bonds. The first-order valence-electron chi connectivity index (χ1n) is 8.09. The zero-order valence-corrected chi connectivity index (χ0v) is 15.5. The Morgan fingerprint density at radius 3 is 2.35 bits per heavy atom. The number of benzene rings is 2. The molecule has 0 aliphatic heterocycles. The van der Waals surface area contributed by atoms with Gasteiger partial charge in [0.2, 0.25) is 0 Å². The maximum atomic E-state index is 12.5. The number of halogens is 1. The molecule has 0 aromatic heterocycles. The topological polar surface area (TPSA) is 84.9 Å². The molecule has 0 radical (unpaired) electrons. The molecule has 26 heavy (non-hydrogen) atoms. The molecular weight excluding hydrogens is 358 g/mol. The fourth-order valence-corrected chi connectivity index (χ4v) is 2.49. The number of rotatable bonds is 7. The number of carboxylic acids is 1. The van der Waals surface area contributed by atoms with Crippen LogP contribution < -0.4 is 14.8 Å². The number of carbonyl (C=O) groups is 2. The molecule has 0 unspecified atom stereocenters. The largest absolute Gasteiger partial charge is 0.488 e. The van der Waals surface area contributed by atoms with E-state index < -0.39 is 11.9 Å². The van der Waals surface area contributed by atoms with E-state index in [9.17, 15) is 9.59 Å². The monoisotopic (exact) mass is 377 g/mol. The molecule has 0 saturated heterocycles. The van der Waals surface area contributed by atoms with Crippen molar-refractivity contribution in [2.75, 3.05) is 11.9 Å². The zero-order chi connectivity index (χ0) is 19.3. The van der Waals surface area contributed by atoms with Crippen LogP contribution in [0.3, 0.4) is 0 Å². The number of ether oxygens (including phenoxy) is 2. The van der Waals surface area contributed by atoms with E-state index in [0.717, 1.165) is 0 Å². The Bertz CT molecular complexity index is 802. The third-order valence-corrected chi connectivity index (χ3v) is 3.59. The highest BCUT2D eigenvalue weighted by atomic mass is 35.5. The molecule has 7 heteroatoms. The van der Waals surface area contributed by atoms with Crippen molar-refractivity contribution in [2.45, 2.75) is 26.9 Å². The van der Waals surface area contributed by atoms with Gasteiger partial charge in [0.25, 0.3) is 5.91 Å². The summed E-state index contributed by atoms with van der Waals surface area (Å²) in [5, 5.41) is 11.9. The molecule has 2 aromatic carbocycles. The van der Waals surface area contributed by atoms with Crippen molar-refractivity contribution >= 4 is 29.2 Å². The predicted octanol–water partition coefficient (Wildman–Crippen LogP) is 4.48. The van der Waals surface area contributed by atoms with Crippen LogP contribution in [0.25, 0.3) is 0 Å². The second-order valence-electron chi connectivity index (χ2n) is 5.72. The van der Waals surface area contributed by atoms with Gasteiger partial charge in [-0.1, -0.05) is 11.6 Å². The van der Waals surface area contributed by atoms with Crippen LogP contribution in [0.4, 0.5) is 5.69 Å². The molecule has 6 nitrogen and oxygen atoms in total. The van der Waals surface area contributed by atoms with Crippen LogP contribution in [0.15, 0.2) is 36.4 Å². The highest BCUT2D eigenvalue weighted by Crippen LogP contribution is 2.37. The summed E-state index contributed by atoms with van der Waals surface area (Å²) < 4.78 is 11.2. The summed E-state index contributed by atoms with van der Waals surface area (Å²) in [4.78, 5) is 23.4. The van der Waals surface area contributed by atoms with Gasteiger partial charge in [-0.05, 0) is 57.2 Å². The van der Waals surface area contributed by atoms with E-state index in [1.807, 2.05) is 20.8 Å². The average molecular weight is 378 g/mol. The maximum Gasteiger partial charge on any atom is 0.335 e. The first-order valence-corrected chi connectivity index (χ1v) is 8.47. The Morgan fingerprint density at radius 1 is 1.15 bits per heavy atom. The second-order valence-corrected chi connectivity index (χ2v) is 6.13. The Labute approximate surface area is 156 Å². The lowest BCUT2D eigenvalue weighted by molar-refractivity contribution is 0.0696. The van der Waals surface area contributed by atoms with Gasteiger partial charge in [-0.15, -0.1) is 0 Å². The minimum absolute atomic E-state index is 0.118. The SMILES string of the molecule is CCOc1c(Cl)cc(C(=O)Nc2ccc(C(=O)O)cc2)cc1OC(C)C. The van der Waals surface area contributed by atoms with Gasteiger partial charge in [0.15, 0.2) is 11.5 Å². The number of nitrogens with one attached hydrogen (secondary N) is 1. The Balaban J connectivity index is 2.27.